The van der Waals surface area contributed by atoms with E-state index in [4.69, 9.17) is 9.72 Å². The first-order valence-electron chi connectivity index (χ1n) is 11.9. The van der Waals surface area contributed by atoms with E-state index in [1.54, 1.807) is 42.7 Å². The third kappa shape index (κ3) is 6.34. The summed E-state index contributed by atoms with van der Waals surface area (Å²) in [7, 11) is 1.59. The zero-order chi connectivity index (χ0) is 26.5. The lowest BCUT2D eigenvalue weighted by Gasteiger charge is -2.06. The molecule has 0 saturated carbocycles. The molecule has 0 aliphatic rings. The summed E-state index contributed by atoms with van der Waals surface area (Å²) in [6.07, 6.45) is 0.744. The maximum Gasteiger partial charge on any atom is 0.325 e. The molecule has 8 nitrogen and oxygen atoms in total. The highest BCUT2D eigenvalue weighted by Gasteiger charge is 2.11. The highest BCUT2D eigenvalue weighted by atomic mass is 32.1. The quantitative estimate of drug-likeness (QED) is 0.196. The van der Waals surface area contributed by atoms with E-state index in [0.717, 1.165) is 32.2 Å². The van der Waals surface area contributed by atoms with Crippen LogP contribution in [0.5, 0.6) is 5.75 Å². The van der Waals surface area contributed by atoms with Crippen molar-refractivity contribution in [3.8, 4) is 16.3 Å². The Bertz CT molecular complexity index is 1580. The molecule has 0 fully saturated rings. The van der Waals surface area contributed by atoms with Gasteiger partial charge in [0.2, 0.25) is 5.91 Å². The smallest absolute Gasteiger partial charge is 0.325 e. The van der Waals surface area contributed by atoms with Gasteiger partial charge in [-0.05, 0) is 79.6 Å². The van der Waals surface area contributed by atoms with Crippen LogP contribution in [0, 0.1) is 6.92 Å². The number of thiazole rings is 2. The Hall–Kier alpha value is -4.28. The van der Waals surface area contributed by atoms with Crippen molar-refractivity contribution in [2.45, 2.75) is 19.8 Å². The molecule has 2 aromatic heterocycles. The number of aryl methyl sites for hydroxylation is 2. The fraction of sp³-hybridized carbons (Fsp3) is 0.143. The topological polar surface area (TPSA) is 105 Å². The van der Waals surface area contributed by atoms with Gasteiger partial charge in [0.25, 0.3) is 0 Å². The Kier molecular flexibility index (Phi) is 7.62. The molecule has 3 aromatic carbocycles. The Morgan fingerprint density at radius 1 is 0.895 bits per heavy atom. The number of fused-ring (bicyclic) bond motifs is 1. The van der Waals surface area contributed by atoms with Crippen LogP contribution < -0.4 is 20.7 Å². The molecule has 0 atom stereocenters. The van der Waals surface area contributed by atoms with E-state index in [1.165, 1.54) is 16.9 Å². The van der Waals surface area contributed by atoms with E-state index in [2.05, 4.69) is 40.0 Å². The SMILES string of the molecule is COc1ccc(NC(=O)Nc2nc(CCC(=O)Nc3ccc(-c4nc5ccc(C)cc5s4)cc3)cs2)cc1. The van der Waals surface area contributed by atoms with Gasteiger partial charge in [-0.1, -0.05) is 6.07 Å². The summed E-state index contributed by atoms with van der Waals surface area (Å²) in [5.74, 6) is 0.606. The molecular formula is C28H25N5O3S2. The Balaban J connectivity index is 1.10. The number of carbonyl (C=O) groups is 2. The van der Waals surface area contributed by atoms with Crippen LogP contribution in [-0.2, 0) is 11.2 Å². The Morgan fingerprint density at radius 2 is 1.63 bits per heavy atom. The molecule has 0 spiro atoms. The molecule has 5 rings (SSSR count). The molecule has 192 valence electrons. The molecule has 0 aliphatic heterocycles. The summed E-state index contributed by atoms with van der Waals surface area (Å²) in [6.45, 7) is 2.07. The normalized spacial score (nSPS) is 10.8. The summed E-state index contributed by atoms with van der Waals surface area (Å²) in [5, 5.41) is 11.6. The zero-order valence-electron chi connectivity index (χ0n) is 20.8. The van der Waals surface area contributed by atoms with E-state index in [9.17, 15) is 9.59 Å². The first-order valence-corrected chi connectivity index (χ1v) is 13.6. The van der Waals surface area contributed by atoms with Gasteiger partial charge in [-0.3, -0.25) is 10.1 Å². The number of benzene rings is 3. The maximum absolute atomic E-state index is 12.5. The second kappa shape index (κ2) is 11.4. The van der Waals surface area contributed by atoms with Gasteiger partial charge in [0.15, 0.2) is 5.13 Å². The molecule has 5 aromatic rings. The van der Waals surface area contributed by atoms with Gasteiger partial charge in [-0.2, -0.15) is 0 Å². The second-order valence-corrected chi connectivity index (χ2v) is 10.5. The highest BCUT2D eigenvalue weighted by Crippen LogP contribution is 2.31. The van der Waals surface area contributed by atoms with Gasteiger partial charge in [-0.25, -0.2) is 14.8 Å². The highest BCUT2D eigenvalue weighted by molar-refractivity contribution is 7.21. The number of anilines is 3. The maximum atomic E-state index is 12.5. The number of amides is 3. The number of hydrogen-bond donors (Lipinski definition) is 3. The van der Waals surface area contributed by atoms with Crippen molar-refractivity contribution in [2.24, 2.45) is 0 Å². The molecule has 0 radical (unpaired) electrons. The summed E-state index contributed by atoms with van der Waals surface area (Å²) in [5.41, 5.74) is 5.33. The predicted molar refractivity (Wildman–Crippen MR) is 154 cm³/mol. The van der Waals surface area contributed by atoms with Crippen molar-refractivity contribution in [3.63, 3.8) is 0 Å². The van der Waals surface area contributed by atoms with Crippen molar-refractivity contribution >= 4 is 61.3 Å². The molecule has 3 amide bonds. The Morgan fingerprint density at radius 3 is 2.39 bits per heavy atom. The molecule has 0 aliphatic carbocycles. The summed E-state index contributed by atoms with van der Waals surface area (Å²) >= 11 is 2.97. The number of nitrogens with zero attached hydrogens (tertiary/aromatic N) is 2. The molecule has 38 heavy (non-hydrogen) atoms. The second-order valence-electron chi connectivity index (χ2n) is 8.57. The van der Waals surface area contributed by atoms with Gasteiger partial charge in [-0.15, -0.1) is 22.7 Å². The van der Waals surface area contributed by atoms with Crippen molar-refractivity contribution in [1.29, 1.82) is 0 Å². The summed E-state index contributed by atoms with van der Waals surface area (Å²) in [6, 6.07) is 20.6. The van der Waals surface area contributed by atoms with Crippen molar-refractivity contribution in [2.75, 3.05) is 23.1 Å². The number of nitrogens with one attached hydrogen (secondary N) is 3. The molecular weight excluding hydrogens is 518 g/mol. The molecule has 3 N–H and O–H groups in total. The predicted octanol–water partition coefficient (Wildman–Crippen LogP) is 6.95. The Labute approximate surface area is 227 Å². The van der Waals surface area contributed by atoms with Crippen molar-refractivity contribution < 1.29 is 14.3 Å². The van der Waals surface area contributed by atoms with Crippen LogP contribution in [0.4, 0.5) is 21.3 Å². The number of aromatic nitrogens is 2. The third-order valence-corrected chi connectivity index (χ3v) is 7.56. The minimum Gasteiger partial charge on any atom is -0.497 e. The van der Waals surface area contributed by atoms with E-state index in [-0.39, 0.29) is 12.3 Å². The summed E-state index contributed by atoms with van der Waals surface area (Å²) in [4.78, 5) is 33.8. The summed E-state index contributed by atoms with van der Waals surface area (Å²) < 4.78 is 6.27. The van der Waals surface area contributed by atoms with Crippen LogP contribution in [-0.4, -0.2) is 29.0 Å². The van der Waals surface area contributed by atoms with E-state index in [0.29, 0.717) is 23.0 Å². The lowest BCUT2D eigenvalue weighted by molar-refractivity contribution is -0.116. The lowest BCUT2D eigenvalue weighted by atomic mass is 10.2. The number of hydrogen-bond acceptors (Lipinski definition) is 7. The first-order chi connectivity index (χ1) is 18.4. The van der Waals surface area contributed by atoms with E-state index < -0.39 is 6.03 Å². The largest absolute Gasteiger partial charge is 0.497 e. The number of ether oxygens (including phenoxy) is 1. The van der Waals surface area contributed by atoms with Crippen LogP contribution in [0.1, 0.15) is 17.7 Å². The van der Waals surface area contributed by atoms with Gasteiger partial charge < -0.3 is 15.4 Å². The minimum absolute atomic E-state index is 0.104. The molecule has 10 heteroatoms. The van der Waals surface area contributed by atoms with E-state index >= 15 is 0 Å². The average molecular weight is 544 g/mol. The number of rotatable bonds is 8. The minimum atomic E-state index is -0.391. The monoisotopic (exact) mass is 543 g/mol. The molecule has 0 saturated heterocycles. The zero-order valence-corrected chi connectivity index (χ0v) is 22.4. The van der Waals surface area contributed by atoms with Crippen molar-refractivity contribution in [1.82, 2.24) is 9.97 Å². The van der Waals surface area contributed by atoms with Gasteiger partial charge in [0.1, 0.15) is 10.8 Å². The van der Waals surface area contributed by atoms with E-state index in [1.807, 2.05) is 35.7 Å². The molecule has 2 heterocycles. The number of carbonyl (C=O) groups excluding carboxylic acids is 2. The fourth-order valence-corrected chi connectivity index (χ4v) is 5.54. The van der Waals surface area contributed by atoms with Gasteiger partial charge >= 0.3 is 6.03 Å². The van der Waals surface area contributed by atoms with Crippen molar-refractivity contribution in [3.05, 3.63) is 83.4 Å². The van der Waals surface area contributed by atoms with Crippen LogP contribution in [0.2, 0.25) is 0 Å². The lowest BCUT2D eigenvalue weighted by Crippen LogP contribution is -2.19. The fourth-order valence-electron chi connectivity index (χ4n) is 3.73. The van der Waals surface area contributed by atoms with Gasteiger partial charge in [0.05, 0.1) is 23.0 Å². The van der Waals surface area contributed by atoms with Gasteiger partial charge in [0, 0.05) is 28.7 Å². The van der Waals surface area contributed by atoms with Crippen LogP contribution >= 0.6 is 22.7 Å². The van der Waals surface area contributed by atoms with Crippen LogP contribution in [0.15, 0.2) is 72.1 Å². The number of methoxy groups -OCH3 is 1. The number of urea groups is 1. The standard InChI is InChI=1S/C28H25N5O3S2/c1-17-3-13-23-24(15-17)38-26(32-23)18-4-6-19(7-5-18)29-25(34)14-10-21-16-37-28(31-21)33-27(35)30-20-8-11-22(36-2)12-9-20/h3-9,11-13,15-16H,10,14H2,1-2H3,(H,29,34)(H2,30,31,33,35). The van der Waals surface area contributed by atoms with Crippen LogP contribution in [0.25, 0.3) is 20.8 Å². The third-order valence-electron chi connectivity index (χ3n) is 5.69. The average Bonchev–Trinajstić information content (AvgIpc) is 3.54. The molecule has 0 bridgehead atoms. The van der Waals surface area contributed by atoms with Crippen LogP contribution in [0.3, 0.4) is 0 Å². The first kappa shape index (κ1) is 25.4. The molecule has 0 unspecified atom stereocenters.